The Bertz CT molecular complexity index is 1390. The van der Waals surface area contributed by atoms with Crippen molar-refractivity contribution in [1.82, 2.24) is 9.55 Å². The van der Waals surface area contributed by atoms with Gasteiger partial charge in [-0.2, -0.15) is 0 Å². The zero-order valence-electron chi connectivity index (χ0n) is 23.4. The van der Waals surface area contributed by atoms with E-state index in [0.29, 0.717) is 13.0 Å². The van der Waals surface area contributed by atoms with E-state index in [1.807, 2.05) is 71.8 Å². The monoisotopic (exact) mass is 513 g/mol. The molecule has 0 bridgehead atoms. The van der Waals surface area contributed by atoms with E-state index in [2.05, 4.69) is 39.0 Å². The highest BCUT2D eigenvalue weighted by Crippen LogP contribution is 2.31. The standard InChI is InChI=1S/C32H39N3O3/c1-7-25-15-12-14-23(4)31(25)35(24(5)21-37-6)30(36)20-34-28-18-10-9-17-27(28)33-32(34)29(8-2)38-26-16-11-13-22(3)19-26/h9-19,24,29H,7-8,20-21H2,1-6H3. The van der Waals surface area contributed by atoms with E-state index in [4.69, 9.17) is 14.5 Å². The first-order valence-electron chi connectivity index (χ1n) is 13.5. The first-order chi connectivity index (χ1) is 18.4. The van der Waals surface area contributed by atoms with Gasteiger partial charge >= 0.3 is 0 Å². The molecule has 38 heavy (non-hydrogen) atoms. The number of fused-ring (bicyclic) bond motifs is 1. The molecule has 0 aliphatic heterocycles. The smallest absolute Gasteiger partial charge is 0.247 e. The minimum absolute atomic E-state index is 0.00615. The number of hydrogen-bond acceptors (Lipinski definition) is 4. The first kappa shape index (κ1) is 27.4. The third-order valence-electron chi connectivity index (χ3n) is 6.96. The molecule has 2 unspecified atom stereocenters. The number of benzene rings is 3. The summed E-state index contributed by atoms with van der Waals surface area (Å²) in [4.78, 5) is 21.1. The molecule has 0 N–H and O–H groups in total. The van der Waals surface area contributed by atoms with Gasteiger partial charge in [-0.15, -0.1) is 0 Å². The number of carbonyl (C=O) groups excluding carboxylic acids is 1. The van der Waals surface area contributed by atoms with Crippen LogP contribution in [0.2, 0.25) is 0 Å². The number of aromatic nitrogens is 2. The van der Waals surface area contributed by atoms with Gasteiger partial charge in [0.05, 0.1) is 29.4 Å². The second-order valence-electron chi connectivity index (χ2n) is 9.88. The number of para-hydroxylation sites is 3. The van der Waals surface area contributed by atoms with Crippen LogP contribution < -0.4 is 9.64 Å². The Morgan fingerprint density at radius 3 is 2.50 bits per heavy atom. The Hall–Kier alpha value is -3.64. The summed E-state index contributed by atoms with van der Waals surface area (Å²) >= 11 is 0. The quantitative estimate of drug-likeness (QED) is 0.221. The molecule has 0 aliphatic carbocycles. The van der Waals surface area contributed by atoms with Crippen molar-refractivity contribution in [2.45, 2.75) is 66.2 Å². The molecule has 200 valence electrons. The van der Waals surface area contributed by atoms with Gasteiger partial charge in [-0.05, 0) is 74.6 Å². The minimum atomic E-state index is -0.300. The van der Waals surface area contributed by atoms with Crippen LogP contribution in [0, 0.1) is 13.8 Å². The number of imidazole rings is 1. The van der Waals surface area contributed by atoms with Crippen LogP contribution in [0.25, 0.3) is 11.0 Å². The lowest BCUT2D eigenvalue weighted by Crippen LogP contribution is -2.44. The van der Waals surface area contributed by atoms with Crippen molar-refractivity contribution in [3.8, 4) is 5.75 Å². The topological polar surface area (TPSA) is 56.6 Å². The normalized spacial score (nSPS) is 12.9. The Labute approximate surface area is 226 Å². The van der Waals surface area contributed by atoms with Gasteiger partial charge in [-0.25, -0.2) is 4.98 Å². The van der Waals surface area contributed by atoms with Crippen LogP contribution in [0.3, 0.4) is 0 Å². The predicted molar refractivity (Wildman–Crippen MR) is 154 cm³/mol. The molecule has 0 aliphatic rings. The van der Waals surface area contributed by atoms with Crippen molar-refractivity contribution in [1.29, 1.82) is 0 Å². The van der Waals surface area contributed by atoms with Crippen LogP contribution >= 0.6 is 0 Å². The van der Waals surface area contributed by atoms with E-state index in [1.165, 1.54) is 0 Å². The number of hydrogen-bond donors (Lipinski definition) is 0. The summed E-state index contributed by atoms with van der Waals surface area (Å²) in [5, 5.41) is 0. The van der Waals surface area contributed by atoms with Crippen molar-refractivity contribution in [3.63, 3.8) is 0 Å². The Morgan fingerprint density at radius 1 is 1.03 bits per heavy atom. The molecule has 1 aromatic heterocycles. The van der Waals surface area contributed by atoms with Gasteiger partial charge in [-0.1, -0.05) is 56.3 Å². The van der Waals surface area contributed by atoms with E-state index in [1.54, 1.807) is 7.11 Å². The lowest BCUT2D eigenvalue weighted by molar-refractivity contribution is -0.119. The van der Waals surface area contributed by atoms with E-state index in [0.717, 1.165) is 51.4 Å². The molecule has 1 heterocycles. The number of methoxy groups -OCH3 is 1. The van der Waals surface area contributed by atoms with Crippen molar-refractivity contribution in [3.05, 3.63) is 89.2 Å². The van der Waals surface area contributed by atoms with E-state index in [9.17, 15) is 4.79 Å². The van der Waals surface area contributed by atoms with Crippen molar-refractivity contribution in [2.75, 3.05) is 18.6 Å². The molecule has 4 aromatic rings. The summed E-state index contributed by atoms with van der Waals surface area (Å²) in [6.07, 6.45) is 1.25. The van der Waals surface area contributed by atoms with Gasteiger partial charge in [0.1, 0.15) is 12.3 Å². The SMILES string of the molecule is CCc1cccc(C)c1N(C(=O)Cn1c(C(CC)Oc2cccc(C)c2)nc2ccccc21)C(C)COC. The first-order valence-corrected chi connectivity index (χ1v) is 13.5. The Kier molecular flexibility index (Phi) is 8.85. The molecule has 6 nitrogen and oxygen atoms in total. The zero-order chi connectivity index (χ0) is 27.2. The molecule has 0 saturated carbocycles. The maximum absolute atomic E-state index is 14.2. The van der Waals surface area contributed by atoms with Gasteiger partial charge in [0.15, 0.2) is 11.9 Å². The van der Waals surface area contributed by atoms with Crippen LogP contribution in [-0.4, -0.2) is 35.2 Å². The Balaban J connectivity index is 1.77. The fourth-order valence-electron chi connectivity index (χ4n) is 5.15. The molecule has 0 radical (unpaired) electrons. The van der Waals surface area contributed by atoms with Crippen LogP contribution in [0.1, 0.15) is 55.8 Å². The summed E-state index contributed by atoms with van der Waals surface area (Å²) in [6.45, 7) is 10.9. The van der Waals surface area contributed by atoms with Gasteiger partial charge in [0.2, 0.25) is 5.91 Å². The summed E-state index contributed by atoms with van der Waals surface area (Å²) in [5.41, 5.74) is 6.09. The third-order valence-corrected chi connectivity index (χ3v) is 6.96. The Morgan fingerprint density at radius 2 is 1.79 bits per heavy atom. The number of ether oxygens (including phenoxy) is 2. The molecule has 3 aromatic carbocycles. The highest BCUT2D eigenvalue weighted by Gasteiger charge is 2.28. The van der Waals surface area contributed by atoms with E-state index >= 15 is 0 Å². The second kappa shape index (κ2) is 12.3. The van der Waals surface area contributed by atoms with Crippen molar-refractivity contribution in [2.24, 2.45) is 0 Å². The number of carbonyl (C=O) groups is 1. The summed E-state index contributed by atoms with van der Waals surface area (Å²) in [6, 6.07) is 22.1. The van der Waals surface area contributed by atoms with Crippen LogP contribution in [0.4, 0.5) is 5.69 Å². The maximum atomic E-state index is 14.2. The second-order valence-corrected chi connectivity index (χ2v) is 9.88. The minimum Gasteiger partial charge on any atom is -0.483 e. The van der Waals surface area contributed by atoms with Crippen molar-refractivity contribution >= 4 is 22.6 Å². The molecule has 0 spiro atoms. The highest BCUT2D eigenvalue weighted by atomic mass is 16.5. The molecular weight excluding hydrogens is 474 g/mol. The predicted octanol–water partition coefficient (Wildman–Crippen LogP) is 6.81. The summed E-state index contributed by atoms with van der Waals surface area (Å²) in [7, 11) is 1.67. The molecular formula is C32H39N3O3. The fourth-order valence-corrected chi connectivity index (χ4v) is 5.15. The zero-order valence-corrected chi connectivity index (χ0v) is 23.4. The maximum Gasteiger partial charge on any atom is 0.247 e. The average Bonchev–Trinajstić information content (AvgIpc) is 3.26. The van der Waals surface area contributed by atoms with Gasteiger partial charge in [-0.3, -0.25) is 4.79 Å². The molecule has 0 fully saturated rings. The molecule has 0 saturated heterocycles. The molecule has 4 rings (SSSR count). The van der Waals surface area contributed by atoms with Crippen LogP contribution in [0.15, 0.2) is 66.7 Å². The third kappa shape index (κ3) is 5.76. The van der Waals surface area contributed by atoms with Crippen LogP contribution in [0.5, 0.6) is 5.75 Å². The van der Waals surface area contributed by atoms with Gasteiger partial charge in [0.25, 0.3) is 0 Å². The molecule has 6 heteroatoms. The van der Waals surface area contributed by atoms with Crippen molar-refractivity contribution < 1.29 is 14.3 Å². The number of amides is 1. The van der Waals surface area contributed by atoms with E-state index in [-0.39, 0.29) is 24.6 Å². The summed E-state index contributed by atoms with van der Waals surface area (Å²) < 4.78 is 14.0. The highest BCUT2D eigenvalue weighted by molar-refractivity contribution is 5.96. The van der Waals surface area contributed by atoms with Crippen LogP contribution in [-0.2, 0) is 22.5 Å². The number of anilines is 1. The number of rotatable bonds is 11. The number of aryl methyl sites for hydroxylation is 3. The molecule has 1 amide bonds. The number of nitrogens with zero attached hydrogens (tertiary/aromatic N) is 3. The van der Waals surface area contributed by atoms with Gasteiger partial charge < -0.3 is 18.9 Å². The van der Waals surface area contributed by atoms with Gasteiger partial charge in [0, 0.05) is 7.11 Å². The fraction of sp³-hybridized carbons (Fsp3) is 0.375. The lowest BCUT2D eigenvalue weighted by Gasteiger charge is -2.32. The average molecular weight is 514 g/mol. The largest absolute Gasteiger partial charge is 0.483 e. The molecule has 2 atom stereocenters. The lowest BCUT2D eigenvalue weighted by atomic mass is 10.0. The van der Waals surface area contributed by atoms with E-state index < -0.39 is 0 Å². The summed E-state index contributed by atoms with van der Waals surface area (Å²) in [5.74, 6) is 1.54.